The zero-order valence-corrected chi connectivity index (χ0v) is 12.8. The fourth-order valence-electron chi connectivity index (χ4n) is 1.86. The molecule has 0 aliphatic rings. The third-order valence-corrected chi connectivity index (χ3v) is 4.90. The van der Waals surface area contributed by atoms with Crippen molar-refractivity contribution in [2.75, 3.05) is 14.1 Å². The van der Waals surface area contributed by atoms with E-state index in [-0.39, 0.29) is 0 Å². The van der Waals surface area contributed by atoms with Gasteiger partial charge in [0, 0.05) is 20.6 Å². The maximum absolute atomic E-state index is 11.7. The molecule has 0 amide bonds. The van der Waals surface area contributed by atoms with Gasteiger partial charge in [0.25, 0.3) is 10.2 Å². The van der Waals surface area contributed by atoms with E-state index in [4.69, 9.17) is 0 Å². The molecular weight excluding hydrogens is 248 g/mol. The Morgan fingerprint density at radius 3 is 1.89 bits per heavy atom. The smallest absolute Gasteiger partial charge is 0.198 e. The first kappa shape index (κ1) is 15.1. The average molecular weight is 270 g/mol. The number of nitrogens with zero attached hydrogens (tertiary/aromatic N) is 1. The lowest BCUT2D eigenvalue weighted by molar-refractivity contribution is 0.505. The highest BCUT2D eigenvalue weighted by atomic mass is 32.2. The lowest BCUT2D eigenvalue weighted by atomic mass is 9.94. The van der Waals surface area contributed by atoms with Crippen molar-refractivity contribution in [3.05, 3.63) is 33.9 Å². The Bertz CT molecular complexity index is 522. The number of hydrogen-bond donors (Lipinski definition) is 1. The van der Waals surface area contributed by atoms with Gasteiger partial charge in [-0.1, -0.05) is 6.07 Å². The molecule has 0 radical (unpaired) electrons. The summed E-state index contributed by atoms with van der Waals surface area (Å²) in [5.41, 5.74) is 5.76. The standard InChI is InChI=1S/C13H22N2O2S/c1-9-7-10(2)12(4)13(11(9)3)8-14-18(16,17)15(5)6/h7,14H,8H2,1-6H3. The molecule has 0 heterocycles. The molecule has 1 aromatic carbocycles. The first-order chi connectivity index (χ1) is 8.16. The highest BCUT2D eigenvalue weighted by molar-refractivity contribution is 7.87. The van der Waals surface area contributed by atoms with Crippen LogP contribution in [0.1, 0.15) is 27.8 Å². The fraction of sp³-hybridized carbons (Fsp3) is 0.538. The molecule has 0 aromatic heterocycles. The quantitative estimate of drug-likeness (QED) is 0.907. The van der Waals surface area contributed by atoms with E-state index >= 15 is 0 Å². The summed E-state index contributed by atoms with van der Waals surface area (Å²) in [5.74, 6) is 0. The second-order valence-corrected chi connectivity index (χ2v) is 6.82. The fourth-order valence-corrected chi connectivity index (χ4v) is 2.44. The van der Waals surface area contributed by atoms with Crippen LogP contribution in [0.5, 0.6) is 0 Å². The van der Waals surface area contributed by atoms with Crippen molar-refractivity contribution in [3.63, 3.8) is 0 Å². The Morgan fingerprint density at radius 2 is 1.50 bits per heavy atom. The van der Waals surface area contributed by atoms with Crippen molar-refractivity contribution in [2.24, 2.45) is 0 Å². The van der Waals surface area contributed by atoms with Gasteiger partial charge in [0.2, 0.25) is 0 Å². The molecule has 5 heteroatoms. The average Bonchev–Trinajstić information content (AvgIpc) is 2.26. The van der Waals surface area contributed by atoms with Crippen LogP contribution >= 0.6 is 0 Å². The van der Waals surface area contributed by atoms with E-state index < -0.39 is 10.2 Å². The molecule has 18 heavy (non-hydrogen) atoms. The predicted molar refractivity (Wildman–Crippen MR) is 74.8 cm³/mol. The lowest BCUT2D eigenvalue weighted by Crippen LogP contribution is -2.35. The van der Waals surface area contributed by atoms with Crippen LogP contribution in [0.2, 0.25) is 0 Å². The van der Waals surface area contributed by atoms with E-state index in [0.29, 0.717) is 6.54 Å². The molecule has 0 aliphatic carbocycles. The van der Waals surface area contributed by atoms with Gasteiger partial charge in [-0.15, -0.1) is 0 Å². The van der Waals surface area contributed by atoms with Crippen LogP contribution in [0.15, 0.2) is 6.07 Å². The molecule has 0 bridgehead atoms. The molecule has 0 spiro atoms. The Labute approximate surface area is 110 Å². The second-order valence-electron chi connectivity index (χ2n) is 4.85. The summed E-state index contributed by atoms with van der Waals surface area (Å²) >= 11 is 0. The molecule has 1 rings (SSSR count). The van der Waals surface area contributed by atoms with E-state index in [1.807, 2.05) is 27.7 Å². The summed E-state index contributed by atoms with van der Waals surface area (Å²) in [6.07, 6.45) is 0. The van der Waals surface area contributed by atoms with Gasteiger partial charge in [-0.2, -0.15) is 17.4 Å². The van der Waals surface area contributed by atoms with Crippen LogP contribution in [0.4, 0.5) is 0 Å². The largest absolute Gasteiger partial charge is 0.279 e. The molecule has 4 nitrogen and oxygen atoms in total. The SMILES string of the molecule is Cc1cc(C)c(C)c(CNS(=O)(=O)N(C)C)c1C. The van der Waals surface area contributed by atoms with Crippen LogP contribution < -0.4 is 4.72 Å². The third kappa shape index (κ3) is 3.10. The minimum atomic E-state index is -3.37. The van der Waals surface area contributed by atoms with Gasteiger partial charge in [0.05, 0.1) is 0 Å². The highest BCUT2D eigenvalue weighted by Crippen LogP contribution is 2.21. The highest BCUT2D eigenvalue weighted by Gasteiger charge is 2.15. The minimum absolute atomic E-state index is 0.334. The van der Waals surface area contributed by atoms with Gasteiger partial charge in [0.1, 0.15) is 0 Å². The number of benzene rings is 1. The maximum Gasteiger partial charge on any atom is 0.279 e. The Balaban J connectivity index is 3.06. The summed E-state index contributed by atoms with van der Waals surface area (Å²) in [4.78, 5) is 0. The third-order valence-electron chi connectivity index (χ3n) is 3.43. The minimum Gasteiger partial charge on any atom is -0.198 e. The topological polar surface area (TPSA) is 49.4 Å². The summed E-state index contributed by atoms with van der Waals surface area (Å²) in [5, 5.41) is 0. The van der Waals surface area contributed by atoms with Crippen LogP contribution in [-0.4, -0.2) is 26.8 Å². The molecular formula is C13H22N2O2S. The normalized spacial score (nSPS) is 12.2. The second kappa shape index (κ2) is 5.38. The van der Waals surface area contributed by atoms with Gasteiger partial charge in [-0.05, 0) is 55.5 Å². The summed E-state index contributed by atoms with van der Waals surface area (Å²) in [7, 11) is -0.337. The predicted octanol–water partition coefficient (Wildman–Crippen LogP) is 1.82. The molecule has 0 atom stereocenters. The number of hydrogen-bond acceptors (Lipinski definition) is 2. The molecule has 1 N–H and O–H groups in total. The Hall–Kier alpha value is -0.910. The van der Waals surface area contributed by atoms with Gasteiger partial charge in [-0.3, -0.25) is 0 Å². The van der Waals surface area contributed by atoms with Crippen LogP contribution in [-0.2, 0) is 16.8 Å². The van der Waals surface area contributed by atoms with Crippen molar-refractivity contribution in [1.82, 2.24) is 9.03 Å². The molecule has 0 aliphatic heterocycles. The Kier molecular flexibility index (Phi) is 4.53. The maximum atomic E-state index is 11.7. The Morgan fingerprint density at radius 1 is 1.06 bits per heavy atom. The van der Waals surface area contributed by atoms with E-state index in [1.54, 1.807) is 0 Å². The van der Waals surface area contributed by atoms with Crippen molar-refractivity contribution in [1.29, 1.82) is 0 Å². The number of nitrogens with one attached hydrogen (secondary N) is 1. The molecule has 102 valence electrons. The van der Waals surface area contributed by atoms with E-state index in [2.05, 4.69) is 10.8 Å². The summed E-state index contributed by atoms with van der Waals surface area (Å²) in [6, 6.07) is 2.13. The van der Waals surface area contributed by atoms with Crippen molar-refractivity contribution >= 4 is 10.2 Å². The molecule has 0 saturated carbocycles. The molecule has 0 unspecified atom stereocenters. The van der Waals surface area contributed by atoms with Crippen LogP contribution in [0, 0.1) is 27.7 Å². The van der Waals surface area contributed by atoms with E-state index in [0.717, 1.165) is 16.7 Å². The van der Waals surface area contributed by atoms with E-state index in [1.165, 1.54) is 29.5 Å². The van der Waals surface area contributed by atoms with Gasteiger partial charge in [-0.25, -0.2) is 0 Å². The van der Waals surface area contributed by atoms with E-state index in [9.17, 15) is 8.42 Å². The van der Waals surface area contributed by atoms with Crippen molar-refractivity contribution in [3.8, 4) is 0 Å². The van der Waals surface area contributed by atoms with Crippen LogP contribution in [0.3, 0.4) is 0 Å². The zero-order chi connectivity index (χ0) is 14.1. The van der Waals surface area contributed by atoms with Crippen LogP contribution in [0.25, 0.3) is 0 Å². The molecule has 0 saturated heterocycles. The van der Waals surface area contributed by atoms with Crippen molar-refractivity contribution < 1.29 is 8.42 Å². The monoisotopic (exact) mass is 270 g/mol. The van der Waals surface area contributed by atoms with Gasteiger partial charge in [0.15, 0.2) is 0 Å². The summed E-state index contributed by atoms with van der Waals surface area (Å²) in [6.45, 7) is 8.49. The molecule has 1 aromatic rings. The zero-order valence-electron chi connectivity index (χ0n) is 12.0. The van der Waals surface area contributed by atoms with Gasteiger partial charge >= 0.3 is 0 Å². The number of rotatable bonds is 4. The van der Waals surface area contributed by atoms with Crippen molar-refractivity contribution in [2.45, 2.75) is 34.2 Å². The molecule has 0 fully saturated rings. The first-order valence-electron chi connectivity index (χ1n) is 5.90. The number of aryl methyl sites for hydroxylation is 2. The first-order valence-corrected chi connectivity index (χ1v) is 7.34. The lowest BCUT2D eigenvalue weighted by Gasteiger charge is -2.17. The summed E-state index contributed by atoms with van der Waals surface area (Å²) < 4.78 is 27.2. The van der Waals surface area contributed by atoms with Gasteiger partial charge < -0.3 is 0 Å².